The molecule has 3 rings (SSSR count). The van der Waals surface area contributed by atoms with Gasteiger partial charge >= 0.3 is 6.09 Å². The maximum absolute atomic E-state index is 14.1. The topological polar surface area (TPSA) is 151 Å². The Balaban J connectivity index is 1.73. The van der Waals surface area contributed by atoms with Crippen LogP contribution in [0.1, 0.15) is 80.2 Å². The zero-order chi connectivity index (χ0) is 35.3. The second-order valence-corrected chi connectivity index (χ2v) is 15.3. The third-order valence-electron chi connectivity index (χ3n) is 9.03. The molecule has 1 heterocycles. The molecule has 2 aliphatic rings. The Hall–Kier alpha value is -4.02. The first kappa shape index (κ1) is 37.4. The first-order valence-corrected chi connectivity index (χ1v) is 16.4. The van der Waals surface area contributed by atoms with Gasteiger partial charge in [-0.05, 0) is 68.3 Å². The number of carbonyl (C=O) groups excluding carboxylic acids is 6. The van der Waals surface area contributed by atoms with Gasteiger partial charge in [-0.2, -0.15) is 0 Å². The number of aryl methyl sites for hydroxylation is 1. The van der Waals surface area contributed by atoms with Gasteiger partial charge in [0.2, 0.25) is 17.6 Å². The van der Waals surface area contributed by atoms with E-state index in [1.165, 1.54) is 4.90 Å². The molecule has 1 saturated heterocycles. The monoisotopic (exact) mass is 652 g/mol. The van der Waals surface area contributed by atoms with Crippen molar-refractivity contribution in [2.75, 3.05) is 13.1 Å². The minimum atomic E-state index is -1.18. The second kappa shape index (κ2) is 14.8. The molecule has 0 aromatic heterocycles. The minimum Gasteiger partial charge on any atom is -0.444 e. The number of likely N-dealkylation sites (tertiary alicyclic amines) is 1. The van der Waals surface area contributed by atoms with E-state index in [2.05, 4.69) is 22.5 Å². The number of amides is 4. The summed E-state index contributed by atoms with van der Waals surface area (Å²) in [4.78, 5) is 80.8. The molecule has 0 spiro atoms. The molecular formula is C36H52N4O7. The van der Waals surface area contributed by atoms with Gasteiger partial charge in [0, 0.05) is 13.0 Å². The van der Waals surface area contributed by atoms with E-state index < -0.39 is 58.7 Å². The number of alkyl carbamates (subject to hydrolysis) is 1. The number of nitrogens with one attached hydrogen (secondary N) is 3. The smallest absolute Gasteiger partial charge is 0.408 e. The van der Waals surface area contributed by atoms with Crippen molar-refractivity contribution < 1.29 is 33.5 Å². The Labute approximate surface area is 278 Å². The predicted octanol–water partition coefficient (Wildman–Crippen LogP) is 3.75. The third kappa shape index (κ3) is 9.74. The van der Waals surface area contributed by atoms with Gasteiger partial charge in [-0.3, -0.25) is 24.0 Å². The number of hydrogen-bond donors (Lipinski definition) is 3. The van der Waals surface area contributed by atoms with Crippen LogP contribution < -0.4 is 16.0 Å². The molecule has 11 heteroatoms. The van der Waals surface area contributed by atoms with E-state index in [4.69, 9.17) is 4.74 Å². The van der Waals surface area contributed by atoms with Gasteiger partial charge in [0.25, 0.3) is 5.91 Å². The number of ether oxygens (including phenoxy) is 1. The van der Waals surface area contributed by atoms with Crippen LogP contribution >= 0.6 is 0 Å². The molecule has 258 valence electrons. The third-order valence-corrected chi connectivity index (χ3v) is 9.03. The van der Waals surface area contributed by atoms with Crippen LogP contribution in [0.4, 0.5) is 4.79 Å². The van der Waals surface area contributed by atoms with Crippen molar-refractivity contribution in [2.45, 2.75) is 105 Å². The van der Waals surface area contributed by atoms with Crippen LogP contribution in [-0.4, -0.2) is 77.1 Å². The highest BCUT2D eigenvalue weighted by molar-refractivity contribution is 6.38. The molecule has 1 aliphatic carbocycles. The number of nitrogens with zero attached hydrogens (tertiary/aromatic N) is 1. The Kier molecular flexibility index (Phi) is 11.8. The number of fused-ring (bicyclic) bond motifs is 1. The van der Waals surface area contributed by atoms with Gasteiger partial charge in [0.15, 0.2) is 5.78 Å². The molecule has 3 N–H and O–H groups in total. The van der Waals surface area contributed by atoms with Gasteiger partial charge in [-0.15, -0.1) is 6.58 Å². The van der Waals surface area contributed by atoms with Crippen molar-refractivity contribution in [2.24, 2.45) is 22.7 Å². The van der Waals surface area contributed by atoms with E-state index in [0.29, 0.717) is 19.4 Å². The van der Waals surface area contributed by atoms with Gasteiger partial charge in [-0.1, -0.05) is 71.0 Å². The maximum atomic E-state index is 14.1. The highest BCUT2D eigenvalue weighted by Crippen LogP contribution is 2.65. The fourth-order valence-electron chi connectivity index (χ4n) is 6.30. The van der Waals surface area contributed by atoms with E-state index in [-0.39, 0.29) is 42.4 Å². The Morgan fingerprint density at radius 3 is 2.23 bits per heavy atom. The van der Waals surface area contributed by atoms with E-state index in [0.717, 1.165) is 5.56 Å². The number of allylic oxidation sites excluding steroid dienone is 1. The van der Waals surface area contributed by atoms with Gasteiger partial charge < -0.3 is 25.6 Å². The summed E-state index contributed by atoms with van der Waals surface area (Å²) in [5.41, 5.74) is -0.708. The number of piperidine rings is 1. The molecule has 0 bridgehead atoms. The molecule has 2 unspecified atom stereocenters. The maximum Gasteiger partial charge on any atom is 0.408 e. The molecule has 1 aromatic rings. The van der Waals surface area contributed by atoms with Gasteiger partial charge in [0.1, 0.15) is 17.7 Å². The average Bonchev–Trinajstić information content (AvgIpc) is 3.29. The Morgan fingerprint density at radius 2 is 1.66 bits per heavy atom. The largest absolute Gasteiger partial charge is 0.444 e. The molecule has 0 radical (unpaired) electrons. The summed E-state index contributed by atoms with van der Waals surface area (Å²) >= 11 is 0. The summed E-state index contributed by atoms with van der Waals surface area (Å²) in [6.45, 7) is 18.4. The van der Waals surface area contributed by atoms with Crippen LogP contribution in [0.3, 0.4) is 0 Å². The number of benzene rings is 1. The summed E-state index contributed by atoms with van der Waals surface area (Å²) in [6.07, 6.45) is 2.02. The van der Waals surface area contributed by atoms with Crippen LogP contribution in [0.15, 0.2) is 43.0 Å². The lowest BCUT2D eigenvalue weighted by Crippen LogP contribution is -2.60. The average molecular weight is 653 g/mol. The van der Waals surface area contributed by atoms with Gasteiger partial charge in [-0.25, -0.2) is 4.79 Å². The van der Waals surface area contributed by atoms with Crippen molar-refractivity contribution >= 4 is 35.4 Å². The lowest BCUT2D eigenvalue weighted by atomic mass is 9.85. The second-order valence-electron chi connectivity index (χ2n) is 15.3. The molecule has 5 atom stereocenters. The zero-order valence-corrected chi connectivity index (χ0v) is 29.1. The number of rotatable bonds is 14. The van der Waals surface area contributed by atoms with Crippen molar-refractivity contribution in [3.8, 4) is 0 Å². The molecule has 1 aliphatic heterocycles. The van der Waals surface area contributed by atoms with Crippen LogP contribution in [0, 0.1) is 22.7 Å². The number of Topliss-reactive ketones (excluding diaryl/α,β-unsaturated/α-hetero) is 2. The summed E-state index contributed by atoms with van der Waals surface area (Å²) in [7, 11) is 0. The van der Waals surface area contributed by atoms with Crippen LogP contribution in [0.25, 0.3) is 0 Å². The van der Waals surface area contributed by atoms with Crippen molar-refractivity contribution in [1.29, 1.82) is 0 Å². The molecule has 1 saturated carbocycles. The molecule has 47 heavy (non-hydrogen) atoms. The highest BCUT2D eigenvalue weighted by Gasteiger charge is 2.70. The normalized spacial score (nSPS) is 21.0. The standard InChI is InChI=1S/C36H52N4O7/c1-10-11-17-25(28(42)31(44)37-20-23(41)19-18-22-15-13-12-14-16-22)38-30(43)27-26-24(36(26,8)9)21-40(27)32(45)29(34(2,3)4)39-33(46)47-35(5,6)7/h10,12-16,24-27,29H,1,11,17-21H2,2-9H3,(H,37,44)(H,38,43)(H,39,46)/t24-,25?,26-,27-,29?/m0/s1. The van der Waals surface area contributed by atoms with Gasteiger partial charge in [0.05, 0.1) is 12.6 Å². The quantitative estimate of drug-likeness (QED) is 0.205. The van der Waals surface area contributed by atoms with Crippen LogP contribution in [0.5, 0.6) is 0 Å². The molecular weight excluding hydrogens is 600 g/mol. The zero-order valence-electron chi connectivity index (χ0n) is 29.1. The van der Waals surface area contributed by atoms with E-state index in [1.807, 2.05) is 65.0 Å². The first-order chi connectivity index (χ1) is 21.8. The number of hydrogen-bond acceptors (Lipinski definition) is 7. The van der Waals surface area contributed by atoms with Crippen molar-refractivity contribution in [1.82, 2.24) is 20.9 Å². The van der Waals surface area contributed by atoms with E-state index in [9.17, 15) is 28.8 Å². The van der Waals surface area contributed by atoms with Crippen LogP contribution in [-0.2, 0) is 35.1 Å². The summed E-state index contributed by atoms with van der Waals surface area (Å²) in [5, 5.41) is 7.87. The lowest BCUT2D eigenvalue weighted by molar-refractivity contribution is -0.145. The Bertz CT molecular complexity index is 1360. The van der Waals surface area contributed by atoms with Crippen molar-refractivity contribution in [3.63, 3.8) is 0 Å². The van der Waals surface area contributed by atoms with Crippen molar-refractivity contribution in [3.05, 3.63) is 48.6 Å². The summed E-state index contributed by atoms with van der Waals surface area (Å²) in [6, 6.07) is 6.39. The van der Waals surface area contributed by atoms with E-state index >= 15 is 0 Å². The minimum absolute atomic E-state index is 0.0527. The van der Waals surface area contributed by atoms with Crippen LogP contribution in [0.2, 0.25) is 0 Å². The molecule has 2 fully saturated rings. The fourth-order valence-corrected chi connectivity index (χ4v) is 6.30. The summed E-state index contributed by atoms with van der Waals surface area (Å²) in [5.74, 6) is -3.15. The Morgan fingerprint density at radius 1 is 1.02 bits per heavy atom. The predicted molar refractivity (Wildman–Crippen MR) is 178 cm³/mol. The van der Waals surface area contributed by atoms with E-state index in [1.54, 1.807) is 26.8 Å². The fraction of sp³-hybridized carbons (Fsp3) is 0.611. The number of ketones is 2. The SMILES string of the molecule is C=CCCC(NC(=O)[C@@H]1[C@@H]2[C@H](CN1C(=O)C(NC(=O)OC(C)(C)C)C(C)(C)C)C2(C)C)C(=O)C(=O)NCC(=O)CCc1ccccc1. The first-order valence-electron chi connectivity index (χ1n) is 16.4. The molecule has 11 nitrogen and oxygen atoms in total. The highest BCUT2D eigenvalue weighted by atomic mass is 16.6. The molecule has 1 aromatic carbocycles. The summed E-state index contributed by atoms with van der Waals surface area (Å²) < 4.78 is 5.42. The number of carbonyl (C=O) groups is 6. The lowest BCUT2D eigenvalue weighted by Gasteiger charge is -2.38. The molecule has 4 amide bonds.